The van der Waals surface area contributed by atoms with Crippen molar-refractivity contribution < 1.29 is 15.0 Å². The summed E-state index contributed by atoms with van der Waals surface area (Å²) in [4.78, 5) is 13.4. The first-order valence-corrected chi connectivity index (χ1v) is 5.51. The Hall–Kier alpha value is -1.43. The van der Waals surface area contributed by atoms with Gasteiger partial charge in [-0.2, -0.15) is 0 Å². The third-order valence-corrected chi connectivity index (χ3v) is 2.48. The van der Waals surface area contributed by atoms with Crippen LogP contribution in [-0.2, 0) is 4.79 Å². The molecule has 0 aliphatic rings. The van der Waals surface area contributed by atoms with Gasteiger partial charge in [-0.1, -0.05) is 30.3 Å². The van der Waals surface area contributed by atoms with Crippen molar-refractivity contribution in [1.82, 2.24) is 4.90 Å². The number of nitrogens with two attached hydrogens (primary N) is 1. The molecule has 5 nitrogen and oxygen atoms in total. The number of carbonyl (C=O) groups excluding carboxylic acids is 1. The molecule has 4 N–H and O–H groups in total. The molecule has 0 bridgehead atoms. The Labute approximate surface area is 100 Å². The lowest BCUT2D eigenvalue weighted by Crippen LogP contribution is -2.41. The monoisotopic (exact) mass is 238 g/mol. The maximum atomic E-state index is 12.0. The smallest absolute Gasteiger partial charge is 0.244 e. The van der Waals surface area contributed by atoms with Crippen LogP contribution in [0.5, 0.6) is 0 Å². The molecule has 0 aromatic heterocycles. The third-order valence-electron chi connectivity index (χ3n) is 2.48. The number of rotatable bonds is 6. The van der Waals surface area contributed by atoms with E-state index in [1.54, 1.807) is 12.1 Å². The fourth-order valence-electron chi connectivity index (χ4n) is 1.57. The van der Waals surface area contributed by atoms with Gasteiger partial charge in [0.15, 0.2) is 0 Å². The van der Waals surface area contributed by atoms with E-state index in [1.165, 1.54) is 4.90 Å². The molecule has 0 radical (unpaired) electrons. The lowest BCUT2D eigenvalue weighted by molar-refractivity contribution is -0.133. The molecule has 1 atom stereocenters. The largest absolute Gasteiger partial charge is 0.395 e. The van der Waals surface area contributed by atoms with Crippen molar-refractivity contribution in [3.05, 3.63) is 35.9 Å². The quantitative estimate of drug-likeness (QED) is 0.623. The molecule has 0 saturated carbocycles. The highest BCUT2D eigenvalue weighted by molar-refractivity contribution is 5.83. The van der Waals surface area contributed by atoms with Crippen LogP contribution >= 0.6 is 0 Å². The van der Waals surface area contributed by atoms with E-state index < -0.39 is 6.04 Å². The first kappa shape index (κ1) is 13.6. The van der Waals surface area contributed by atoms with E-state index in [4.69, 9.17) is 15.9 Å². The highest BCUT2D eigenvalue weighted by Crippen LogP contribution is 2.12. The van der Waals surface area contributed by atoms with Crippen LogP contribution in [-0.4, -0.2) is 47.3 Å². The van der Waals surface area contributed by atoms with E-state index in [0.717, 1.165) is 5.56 Å². The average Bonchev–Trinajstić information content (AvgIpc) is 2.38. The highest BCUT2D eigenvalue weighted by atomic mass is 16.3. The number of carbonyl (C=O) groups is 1. The molecule has 1 aromatic carbocycles. The van der Waals surface area contributed by atoms with Gasteiger partial charge in [-0.25, -0.2) is 0 Å². The minimum absolute atomic E-state index is 0.146. The summed E-state index contributed by atoms with van der Waals surface area (Å²) in [5, 5.41) is 17.7. The molecule has 0 saturated heterocycles. The molecule has 1 aromatic rings. The van der Waals surface area contributed by atoms with Crippen molar-refractivity contribution >= 4 is 5.91 Å². The predicted octanol–water partition coefficient (Wildman–Crippen LogP) is -0.500. The lowest BCUT2D eigenvalue weighted by atomic mass is 10.1. The van der Waals surface area contributed by atoms with Crippen molar-refractivity contribution in [3.8, 4) is 0 Å². The van der Waals surface area contributed by atoms with E-state index in [9.17, 15) is 4.79 Å². The Bertz CT molecular complexity index is 337. The number of aliphatic hydroxyl groups excluding tert-OH is 2. The summed E-state index contributed by atoms with van der Waals surface area (Å²) in [5.41, 5.74) is 6.57. The van der Waals surface area contributed by atoms with Crippen molar-refractivity contribution in [1.29, 1.82) is 0 Å². The summed E-state index contributed by atoms with van der Waals surface area (Å²) in [6, 6.07) is 8.27. The molecule has 0 heterocycles. The first-order chi connectivity index (χ1) is 8.20. The number of amides is 1. The Balaban J connectivity index is 2.73. The SMILES string of the molecule is NC(C(=O)N(CCO)CCO)c1ccccc1. The third kappa shape index (κ3) is 3.81. The summed E-state index contributed by atoms with van der Waals surface area (Å²) >= 11 is 0. The van der Waals surface area contributed by atoms with Gasteiger partial charge in [-0.05, 0) is 5.56 Å². The van der Waals surface area contributed by atoms with Crippen molar-refractivity contribution in [2.45, 2.75) is 6.04 Å². The van der Waals surface area contributed by atoms with E-state index in [-0.39, 0.29) is 32.2 Å². The minimum atomic E-state index is -0.755. The van der Waals surface area contributed by atoms with Gasteiger partial charge in [0.25, 0.3) is 0 Å². The van der Waals surface area contributed by atoms with E-state index >= 15 is 0 Å². The molecule has 1 amide bonds. The summed E-state index contributed by atoms with van der Waals surface area (Å²) in [7, 11) is 0. The molecule has 0 fully saturated rings. The van der Waals surface area contributed by atoms with Crippen LogP contribution in [0.4, 0.5) is 0 Å². The molecule has 0 aliphatic heterocycles. The first-order valence-electron chi connectivity index (χ1n) is 5.51. The van der Waals surface area contributed by atoms with Gasteiger partial charge in [0.2, 0.25) is 5.91 Å². The van der Waals surface area contributed by atoms with Crippen LogP contribution in [0, 0.1) is 0 Å². The Kier molecular flexibility index (Phi) is 5.62. The van der Waals surface area contributed by atoms with Gasteiger partial charge >= 0.3 is 0 Å². The van der Waals surface area contributed by atoms with Crippen molar-refractivity contribution in [3.63, 3.8) is 0 Å². The van der Waals surface area contributed by atoms with E-state index in [1.807, 2.05) is 18.2 Å². The summed E-state index contributed by atoms with van der Waals surface area (Å²) in [6.45, 7) is 0.0698. The Morgan fingerprint density at radius 3 is 2.18 bits per heavy atom. The van der Waals surface area contributed by atoms with Gasteiger partial charge in [0.1, 0.15) is 6.04 Å². The molecule has 0 aliphatic carbocycles. The second-order valence-electron chi connectivity index (χ2n) is 3.66. The molecular weight excluding hydrogens is 220 g/mol. The standard InChI is InChI=1S/C12H18N2O3/c13-11(10-4-2-1-3-5-10)12(17)14(6-8-15)7-9-16/h1-5,11,15-16H,6-9,13H2. The zero-order valence-electron chi connectivity index (χ0n) is 9.62. The van der Waals surface area contributed by atoms with Gasteiger partial charge in [0.05, 0.1) is 13.2 Å². The van der Waals surface area contributed by atoms with Crippen molar-refractivity contribution in [2.24, 2.45) is 5.73 Å². The summed E-state index contributed by atoms with van der Waals surface area (Å²) in [5.74, 6) is -0.292. The van der Waals surface area contributed by atoms with E-state index in [2.05, 4.69) is 0 Å². The predicted molar refractivity (Wildman–Crippen MR) is 64.1 cm³/mol. The van der Waals surface area contributed by atoms with Gasteiger partial charge in [-0.3, -0.25) is 4.79 Å². The van der Waals surface area contributed by atoms with Crippen molar-refractivity contribution in [2.75, 3.05) is 26.3 Å². The summed E-state index contributed by atoms with van der Waals surface area (Å²) < 4.78 is 0. The molecule has 0 spiro atoms. The van der Waals surface area contributed by atoms with Crippen LogP contribution in [0.2, 0.25) is 0 Å². The fraction of sp³-hybridized carbons (Fsp3) is 0.417. The van der Waals surface area contributed by atoms with Crippen LogP contribution < -0.4 is 5.73 Å². The average molecular weight is 238 g/mol. The molecule has 17 heavy (non-hydrogen) atoms. The fourth-order valence-corrected chi connectivity index (χ4v) is 1.57. The zero-order valence-corrected chi connectivity index (χ0v) is 9.62. The topological polar surface area (TPSA) is 86.8 Å². The van der Waals surface area contributed by atoms with Crippen LogP contribution in [0.25, 0.3) is 0 Å². The van der Waals surface area contributed by atoms with Crippen LogP contribution in [0.1, 0.15) is 11.6 Å². The number of hydrogen-bond donors (Lipinski definition) is 3. The number of aliphatic hydroxyl groups is 2. The highest BCUT2D eigenvalue weighted by Gasteiger charge is 2.21. The van der Waals surface area contributed by atoms with Crippen LogP contribution in [0.15, 0.2) is 30.3 Å². The number of benzene rings is 1. The molecule has 1 rings (SSSR count). The second kappa shape index (κ2) is 7.01. The van der Waals surface area contributed by atoms with E-state index in [0.29, 0.717) is 0 Å². The molecular formula is C12H18N2O3. The summed E-state index contributed by atoms with van der Waals surface area (Å²) in [6.07, 6.45) is 0. The van der Waals surface area contributed by atoms with Gasteiger partial charge < -0.3 is 20.8 Å². The zero-order chi connectivity index (χ0) is 12.7. The normalized spacial score (nSPS) is 12.2. The number of hydrogen-bond acceptors (Lipinski definition) is 4. The Morgan fingerprint density at radius 1 is 1.18 bits per heavy atom. The maximum absolute atomic E-state index is 12.0. The Morgan fingerprint density at radius 2 is 1.71 bits per heavy atom. The lowest BCUT2D eigenvalue weighted by Gasteiger charge is -2.24. The van der Waals surface area contributed by atoms with Crippen LogP contribution in [0.3, 0.4) is 0 Å². The number of nitrogens with zero attached hydrogens (tertiary/aromatic N) is 1. The second-order valence-corrected chi connectivity index (χ2v) is 3.66. The molecule has 5 heteroatoms. The molecule has 1 unspecified atom stereocenters. The van der Waals surface area contributed by atoms with Gasteiger partial charge in [-0.15, -0.1) is 0 Å². The minimum Gasteiger partial charge on any atom is -0.395 e. The maximum Gasteiger partial charge on any atom is 0.244 e. The van der Waals surface area contributed by atoms with Gasteiger partial charge in [0, 0.05) is 13.1 Å². The molecule has 94 valence electrons.